The van der Waals surface area contributed by atoms with E-state index in [9.17, 15) is 4.79 Å². The highest BCUT2D eigenvalue weighted by Crippen LogP contribution is 2.26. The molecule has 156 valence electrons. The SMILES string of the molecule is CC(C)c1cc(NC(=O)NC2CN(C)Cc3ccccc32)n(Cc2ccccc2)n1. The average molecular weight is 404 g/mol. The fourth-order valence-electron chi connectivity index (χ4n) is 3.91. The Kier molecular flexibility index (Phi) is 5.86. The molecule has 0 radical (unpaired) electrons. The summed E-state index contributed by atoms with van der Waals surface area (Å²) in [5, 5.41) is 10.9. The van der Waals surface area contributed by atoms with Crippen LogP contribution in [0.3, 0.4) is 0 Å². The van der Waals surface area contributed by atoms with Gasteiger partial charge in [-0.1, -0.05) is 68.4 Å². The quantitative estimate of drug-likeness (QED) is 0.665. The van der Waals surface area contributed by atoms with Crippen molar-refractivity contribution in [2.45, 2.75) is 38.9 Å². The van der Waals surface area contributed by atoms with Crippen molar-refractivity contribution in [3.05, 3.63) is 83.0 Å². The zero-order valence-electron chi connectivity index (χ0n) is 17.8. The standard InChI is InChI=1S/C24H29N5O/c1-17(2)21-13-23(29(27-21)14-18-9-5-4-6-10-18)26-24(30)25-22-16-28(3)15-19-11-7-8-12-20(19)22/h4-13,17,22H,14-16H2,1-3H3,(H2,25,26,30). The van der Waals surface area contributed by atoms with E-state index < -0.39 is 0 Å². The van der Waals surface area contributed by atoms with E-state index >= 15 is 0 Å². The summed E-state index contributed by atoms with van der Waals surface area (Å²) >= 11 is 0. The third-order valence-corrected chi connectivity index (χ3v) is 5.48. The molecule has 4 rings (SSSR count). The minimum atomic E-state index is -0.213. The molecule has 0 saturated carbocycles. The number of likely N-dealkylation sites (N-methyl/N-ethyl adjacent to an activating group) is 1. The van der Waals surface area contributed by atoms with Crippen molar-refractivity contribution in [2.24, 2.45) is 0 Å². The lowest BCUT2D eigenvalue weighted by Crippen LogP contribution is -2.42. The van der Waals surface area contributed by atoms with Crippen LogP contribution in [0.4, 0.5) is 10.6 Å². The molecule has 1 aliphatic rings. The summed E-state index contributed by atoms with van der Waals surface area (Å²) in [7, 11) is 2.08. The molecule has 1 aliphatic heterocycles. The maximum absolute atomic E-state index is 12.9. The molecule has 2 heterocycles. The van der Waals surface area contributed by atoms with E-state index in [2.05, 4.69) is 60.7 Å². The van der Waals surface area contributed by atoms with Crippen LogP contribution >= 0.6 is 0 Å². The van der Waals surface area contributed by atoms with Crippen molar-refractivity contribution < 1.29 is 4.79 Å². The van der Waals surface area contributed by atoms with Crippen molar-refractivity contribution in [1.82, 2.24) is 20.0 Å². The summed E-state index contributed by atoms with van der Waals surface area (Å²) in [6.45, 7) is 6.50. The average Bonchev–Trinajstić information content (AvgIpc) is 3.11. The molecule has 0 bridgehead atoms. The van der Waals surface area contributed by atoms with Crippen molar-refractivity contribution in [1.29, 1.82) is 0 Å². The first-order valence-electron chi connectivity index (χ1n) is 10.4. The number of carbonyl (C=O) groups is 1. The Morgan fingerprint density at radius 2 is 1.87 bits per heavy atom. The van der Waals surface area contributed by atoms with Crippen molar-refractivity contribution in [3.8, 4) is 0 Å². The molecule has 6 heteroatoms. The largest absolute Gasteiger partial charge is 0.330 e. The van der Waals surface area contributed by atoms with Gasteiger partial charge in [0.15, 0.2) is 0 Å². The van der Waals surface area contributed by atoms with Crippen LogP contribution in [0.5, 0.6) is 0 Å². The van der Waals surface area contributed by atoms with E-state index in [1.54, 1.807) is 0 Å². The van der Waals surface area contributed by atoms with Gasteiger partial charge in [0.1, 0.15) is 5.82 Å². The highest BCUT2D eigenvalue weighted by atomic mass is 16.2. The van der Waals surface area contributed by atoms with Gasteiger partial charge < -0.3 is 5.32 Å². The number of anilines is 1. The van der Waals surface area contributed by atoms with Crippen LogP contribution in [0.25, 0.3) is 0 Å². The monoisotopic (exact) mass is 403 g/mol. The summed E-state index contributed by atoms with van der Waals surface area (Å²) in [5.74, 6) is 0.988. The van der Waals surface area contributed by atoms with E-state index in [0.29, 0.717) is 12.4 Å². The molecular formula is C24H29N5O. The van der Waals surface area contributed by atoms with Crippen LogP contribution < -0.4 is 10.6 Å². The van der Waals surface area contributed by atoms with Gasteiger partial charge in [-0.25, -0.2) is 9.48 Å². The molecule has 6 nitrogen and oxygen atoms in total. The van der Waals surface area contributed by atoms with Gasteiger partial charge in [0.25, 0.3) is 0 Å². The predicted molar refractivity (Wildman–Crippen MR) is 120 cm³/mol. The topological polar surface area (TPSA) is 62.2 Å². The maximum atomic E-state index is 12.9. The Morgan fingerprint density at radius 1 is 1.13 bits per heavy atom. The maximum Gasteiger partial charge on any atom is 0.320 e. The van der Waals surface area contributed by atoms with Crippen LogP contribution in [-0.2, 0) is 13.1 Å². The third kappa shape index (κ3) is 4.54. The lowest BCUT2D eigenvalue weighted by molar-refractivity contribution is 0.232. The van der Waals surface area contributed by atoms with Crippen molar-refractivity contribution >= 4 is 11.8 Å². The minimum Gasteiger partial charge on any atom is -0.330 e. The van der Waals surface area contributed by atoms with E-state index in [4.69, 9.17) is 5.10 Å². The lowest BCUT2D eigenvalue weighted by atomic mass is 9.96. The number of amides is 2. The fourth-order valence-corrected chi connectivity index (χ4v) is 3.91. The van der Waals surface area contributed by atoms with Gasteiger partial charge in [0.2, 0.25) is 0 Å². The van der Waals surface area contributed by atoms with Gasteiger partial charge in [0.05, 0.1) is 18.3 Å². The molecule has 2 amide bonds. The highest BCUT2D eigenvalue weighted by molar-refractivity contribution is 5.88. The number of fused-ring (bicyclic) bond motifs is 1. The van der Waals surface area contributed by atoms with Gasteiger partial charge in [-0.05, 0) is 29.7 Å². The second-order valence-electron chi connectivity index (χ2n) is 8.30. The molecule has 1 aromatic heterocycles. The molecule has 0 spiro atoms. The van der Waals surface area contributed by atoms with E-state index in [-0.39, 0.29) is 18.0 Å². The number of hydrogen-bond acceptors (Lipinski definition) is 3. The Bertz CT molecular complexity index is 1010. The zero-order valence-corrected chi connectivity index (χ0v) is 17.8. The first kappa shape index (κ1) is 20.2. The molecule has 3 aromatic rings. The summed E-state index contributed by atoms with van der Waals surface area (Å²) in [5.41, 5.74) is 4.55. The van der Waals surface area contributed by atoms with Gasteiger partial charge in [-0.3, -0.25) is 10.2 Å². The normalized spacial score (nSPS) is 16.3. The minimum absolute atomic E-state index is 0.0463. The molecule has 1 atom stereocenters. The zero-order chi connectivity index (χ0) is 21.1. The second-order valence-corrected chi connectivity index (χ2v) is 8.30. The predicted octanol–water partition coefficient (Wildman–Crippen LogP) is 4.36. The summed E-state index contributed by atoms with van der Waals surface area (Å²) < 4.78 is 1.87. The smallest absolute Gasteiger partial charge is 0.320 e. The number of aromatic nitrogens is 2. The first-order valence-corrected chi connectivity index (χ1v) is 10.4. The second kappa shape index (κ2) is 8.71. The fraction of sp³-hybridized carbons (Fsp3) is 0.333. The Balaban J connectivity index is 1.52. The van der Waals surface area contributed by atoms with Gasteiger partial charge >= 0.3 is 6.03 Å². The number of urea groups is 1. The number of nitrogens with one attached hydrogen (secondary N) is 2. The number of benzene rings is 2. The molecule has 0 fully saturated rings. The summed E-state index contributed by atoms with van der Waals surface area (Å²) in [6.07, 6.45) is 0. The van der Waals surface area contributed by atoms with Crippen molar-refractivity contribution in [2.75, 3.05) is 18.9 Å². The molecular weight excluding hydrogens is 374 g/mol. The number of rotatable bonds is 5. The molecule has 0 saturated heterocycles. The van der Waals surface area contributed by atoms with E-state index in [0.717, 1.165) is 24.3 Å². The molecule has 0 aliphatic carbocycles. The highest BCUT2D eigenvalue weighted by Gasteiger charge is 2.25. The molecule has 30 heavy (non-hydrogen) atoms. The molecule has 1 unspecified atom stereocenters. The Labute approximate surface area is 177 Å². The number of carbonyl (C=O) groups excluding carboxylic acids is 1. The third-order valence-electron chi connectivity index (χ3n) is 5.48. The number of nitrogens with zero attached hydrogens (tertiary/aromatic N) is 3. The van der Waals surface area contributed by atoms with E-state index in [1.165, 1.54) is 11.1 Å². The Hall–Kier alpha value is -3.12. The Morgan fingerprint density at radius 3 is 2.63 bits per heavy atom. The summed E-state index contributed by atoms with van der Waals surface area (Å²) in [6, 6.07) is 20.2. The van der Waals surface area contributed by atoms with Crippen LogP contribution in [0.15, 0.2) is 60.7 Å². The first-order chi connectivity index (χ1) is 14.5. The van der Waals surface area contributed by atoms with Gasteiger partial charge in [-0.15, -0.1) is 0 Å². The number of hydrogen-bond donors (Lipinski definition) is 2. The molecule has 2 aromatic carbocycles. The van der Waals surface area contributed by atoms with E-state index in [1.807, 2.05) is 41.1 Å². The summed E-state index contributed by atoms with van der Waals surface area (Å²) in [4.78, 5) is 15.1. The van der Waals surface area contributed by atoms with Gasteiger partial charge in [-0.2, -0.15) is 5.10 Å². The lowest BCUT2D eigenvalue weighted by Gasteiger charge is -2.32. The van der Waals surface area contributed by atoms with Crippen LogP contribution in [0, 0.1) is 0 Å². The van der Waals surface area contributed by atoms with Crippen LogP contribution in [-0.4, -0.2) is 34.3 Å². The van der Waals surface area contributed by atoms with Crippen LogP contribution in [0.2, 0.25) is 0 Å². The van der Waals surface area contributed by atoms with Gasteiger partial charge in [0, 0.05) is 19.2 Å². The van der Waals surface area contributed by atoms with Crippen molar-refractivity contribution in [3.63, 3.8) is 0 Å². The molecule has 2 N–H and O–H groups in total. The van der Waals surface area contributed by atoms with Crippen LogP contribution in [0.1, 0.15) is 48.2 Å².